The van der Waals surface area contributed by atoms with E-state index >= 15 is 0 Å². The number of phenolic OH excluding ortho intramolecular Hbond substituents is 1. The van der Waals surface area contributed by atoms with Gasteiger partial charge in [0.1, 0.15) is 5.75 Å². The van der Waals surface area contributed by atoms with Crippen LogP contribution in [0.5, 0.6) is 5.75 Å². The summed E-state index contributed by atoms with van der Waals surface area (Å²) in [5.41, 5.74) is 6.77. The number of rotatable bonds is 4. The van der Waals surface area contributed by atoms with Crippen molar-refractivity contribution in [2.75, 3.05) is 0 Å². The molecule has 0 bridgehead atoms. The molecule has 0 fully saturated rings. The number of hydrogen-bond donors (Lipinski definition) is 1. The first-order valence-corrected chi connectivity index (χ1v) is 10.3. The van der Waals surface area contributed by atoms with Crippen molar-refractivity contribution < 1.29 is 5.11 Å². The molecule has 148 valence electrons. The Morgan fingerprint density at radius 1 is 0.548 bits per heavy atom. The molecule has 0 heterocycles. The average molecular weight is 399 g/mol. The molecule has 0 amide bonds. The van der Waals surface area contributed by atoms with Crippen molar-refractivity contribution in [1.82, 2.24) is 0 Å². The van der Waals surface area contributed by atoms with Gasteiger partial charge in [0.25, 0.3) is 0 Å². The lowest BCUT2D eigenvalue weighted by Gasteiger charge is -2.20. The zero-order valence-electron chi connectivity index (χ0n) is 17.2. The minimum atomic E-state index is 0.277. The molecular formula is C30H22O. The second kappa shape index (κ2) is 7.62. The van der Waals surface area contributed by atoms with Crippen molar-refractivity contribution in [2.45, 2.75) is 0 Å². The van der Waals surface area contributed by atoms with Crippen LogP contribution >= 0.6 is 0 Å². The second-order valence-electron chi connectivity index (χ2n) is 7.64. The number of hydrogen-bond acceptors (Lipinski definition) is 1. The Balaban J connectivity index is 1.91. The van der Waals surface area contributed by atoms with Crippen LogP contribution in [-0.4, -0.2) is 5.11 Å². The zero-order chi connectivity index (χ0) is 21.4. The summed E-state index contributed by atoms with van der Waals surface area (Å²) < 4.78 is 0. The van der Waals surface area contributed by atoms with E-state index in [0.717, 1.165) is 38.6 Å². The van der Waals surface area contributed by atoms with Gasteiger partial charge in [-0.2, -0.15) is 0 Å². The van der Waals surface area contributed by atoms with Crippen molar-refractivity contribution in [2.24, 2.45) is 0 Å². The van der Waals surface area contributed by atoms with Crippen LogP contribution in [0.25, 0.3) is 56.0 Å². The summed E-state index contributed by atoms with van der Waals surface area (Å²) >= 11 is 0. The first-order chi connectivity index (χ1) is 15.2. The predicted octanol–water partition coefficient (Wildman–Crippen LogP) is 8.32. The standard InChI is InChI=1S/C30H22O/c1-3-25-26(4-2)30(23-15-14-22-19-24(31)17-16-21(22)18-23)28-13-9-8-12-27(28)29(25)20-10-6-5-7-11-20/h3-19,31H,1-2H2. The molecule has 5 rings (SSSR count). The Bertz CT molecular complexity index is 1460. The Labute approximate surface area is 182 Å². The van der Waals surface area contributed by atoms with Gasteiger partial charge in [0.05, 0.1) is 0 Å². The molecule has 0 aliphatic rings. The van der Waals surface area contributed by atoms with Crippen LogP contribution < -0.4 is 0 Å². The summed E-state index contributed by atoms with van der Waals surface area (Å²) in [7, 11) is 0. The molecule has 1 nitrogen and oxygen atoms in total. The van der Waals surface area contributed by atoms with E-state index in [1.165, 1.54) is 16.3 Å². The number of phenols is 1. The third-order valence-corrected chi connectivity index (χ3v) is 5.88. The molecule has 0 atom stereocenters. The van der Waals surface area contributed by atoms with E-state index in [-0.39, 0.29) is 5.75 Å². The first kappa shape index (κ1) is 18.9. The van der Waals surface area contributed by atoms with Crippen molar-refractivity contribution in [3.63, 3.8) is 0 Å². The monoisotopic (exact) mass is 398 g/mol. The molecule has 31 heavy (non-hydrogen) atoms. The summed E-state index contributed by atoms with van der Waals surface area (Å²) in [6.45, 7) is 8.31. The second-order valence-corrected chi connectivity index (χ2v) is 7.64. The van der Waals surface area contributed by atoms with Gasteiger partial charge in [-0.3, -0.25) is 0 Å². The summed E-state index contributed by atoms with van der Waals surface area (Å²) in [6.07, 6.45) is 3.88. The topological polar surface area (TPSA) is 20.2 Å². The third-order valence-electron chi connectivity index (χ3n) is 5.88. The van der Waals surface area contributed by atoms with Gasteiger partial charge in [0.2, 0.25) is 0 Å². The quantitative estimate of drug-likeness (QED) is 0.323. The van der Waals surface area contributed by atoms with Crippen molar-refractivity contribution in [3.05, 3.63) is 115 Å². The maximum atomic E-state index is 9.82. The van der Waals surface area contributed by atoms with Crippen LogP contribution in [0.2, 0.25) is 0 Å². The fourth-order valence-corrected chi connectivity index (χ4v) is 4.52. The fourth-order valence-electron chi connectivity index (χ4n) is 4.52. The predicted molar refractivity (Wildman–Crippen MR) is 134 cm³/mol. The van der Waals surface area contributed by atoms with E-state index < -0.39 is 0 Å². The fraction of sp³-hybridized carbons (Fsp3) is 0. The van der Waals surface area contributed by atoms with Gasteiger partial charge in [0.15, 0.2) is 0 Å². The molecule has 1 N–H and O–H groups in total. The smallest absolute Gasteiger partial charge is 0.116 e. The molecule has 1 heteroatoms. The molecule has 0 saturated heterocycles. The minimum Gasteiger partial charge on any atom is -0.508 e. The number of fused-ring (bicyclic) bond motifs is 2. The summed E-state index contributed by atoms with van der Waals surface area (Å²) in [6, 6.07) is 30.8. The van der Waals surface area contributed by atoms with Crippen molar-refractivity contribution in [1.29, 1.82) is 0 Å². The highest BCUT2D eigenvalue weighted by Crippen LogP contribution is 2.43. The number of benzene rings is 5. The highest BCUT2D eigenvalue weighted by atomic mass is 16.3. The summed E-state index contributed by atoms with van der Waals surface area (Å²) in [5, 5.41) is 14.3. The number of aromatic hydroxyl groups is 1. The zero-order valence-corrected chi connectivity index (χ0v) is 17.2. The molecule has 5 aromatic rings. The van der Waals surface area contributed by atoms with Gasteiger partial charge in [0, 0.05) is 0 Å². The van der Waals surface area contributed by atoms with Crippen LogP contribution in [0.3, 0.4) is 0 Å². The van der Waals surface area contributed by atoms with Crippen LogP contribution in [0, 0.1) is 0 Å². The van der Waals surface area contributed by atoms with Gasteiger partial charge in [-0.25, -0.2) is 0 Å². The van der Waals surface area contributed by atoms with Gasteiger partial charge >= 0.3 is 0 Å². The van der Waals surface area contributed by atoms with E-state index in [1.54, 1.807) is 12.1 Å². The highest BCUT2D eigenvalue weighted by molar-refractivity contribution is 6.12. The Morgan fingerprint density at radius 2 is 1.10 bits per heavy atom. The molecule has 0 aliphatic heterocycles. The van der Waals surface area contributed by atoms with Crippen LogP contribution in [0.15, 0.2) is 104 Å². The maximum Gasteiger partial charge on any atom is 0.116 e. The Hall–Kier alpha value is -4.10. The normalized spacial score (nSPS) is 11.0. The van der Waals surface area contributed by atoms with Gasteiger partial charge < -0.3 is 5.11 Å². The van der Waals surface area contributed by atoms with Crippen molar-refractivity contribution in [3.8, 4) is 28.0 Å². The lowest BCUT2D eigenvalue weighted by Crippen LogP contribution is -1.96. The van der Waals surface area contributed by atoms with E-state index in [0.29, 0.717) is 0 Å². The lowest BCUT2D eigenvalue weighted by atomic mass is 9.83. The highest BCUT2D eigenvalue weighted by Gasteiger charge is 2.18. The largest absolute Gasteiger partial charge is 0.508 e. The van der Waals surface area contributed by atoms with Crippen LogP contribution in [-0.2, 0) is 0 Å². The van der Waals surface area contributed by atoms with Crippen LogP contribution in [0.1, 0.15) is 11.1 Å². The Kier molecular flexibility index (Phi) is 4.65. The maximum absolute atomic E-state index is 9.82. The molecule has 0 aliphatic carbocycles. The minimum absolute atomic E-state index is 0.277. The molecule has 0 unspecified atom stereocenters. The van der Waals surface area contributed by atoms with Gasteiger partial charge in [-0.15, -0.1) is 0 Å². The lowest BCUT2D eigenvalue weighted by molar-refractivity contribution is 0.476. The van der Waals surface area contributed by atoms with Crippen LogP contribution in [0.4, 0.5) is 0 Å². The van der Waals surface area contributed by atoms with E-state index in [9.17, 15) is 5.11 Å². The SMILES string of the molecule is C=Cc1c(C=C)c(-c2ccc3cc(O)ccc3c2)c2ccccc2c1-c1ccccc1. The Morgan fingerprint density at radius 3 is 1.74 bits per heavy atom. The first-order valence-electron chi connectivity index (χ1n) is 10.3. The molecule has 0 saturated carbocycles. The molecular weight excluding hydrogens is 376 g/mol. The van der Waals surface area contributed by atoms with E-state index in [1.807, 2.05) is 24.3 Å². The molecule has 0 radical (unpaired) electrons. The summed E-state index contributed by atoms with van der Waals surface area (Å²) in [4.78, 5) is 0. The average Bonchev–Trinajstić information content (AvgIpc) is 2.82. The van der Waals surface area contributed by atoms with Gasteiger partial charge in [-0.1, -0.05) is 98.1 Å². The molecule has 5 aromatic carbocycles. The molecule has 0 spiro atoms. The van der Waals surface area contributed by atoms with E-state index in [2.05, 4.69) is 79.9 Å². The van der Waals surface area contributed by atoms with Gasteiger partial charge in [-0.05, 0) is 73.1 Å². The van der Waals surface area contributed by atoms with E-state index in [4.69, 9.17) is 0 Å². The summed E-state index contributed by atoms with van der Waals surface area (Å²) in [5.74, 6) is 0.277. The van der Waals surface area contributed by atoms with Crippen molar-refractivity contribution >= 4 is 33.7 Å². The third kappa shape index (κ3) is 3.12. The molecule has 0 aromatic heterocycles.